The molecule has 5 rings (SSSR count). The highest BCUT2D eigenvalue weighted by Gasteiger charge is 2.52. The second-order valence-electron chi connectivity index (χ2n) is 8.44. The van der Waals surface area contributed by atoms with Crippen LogP contribution in [-0.4, -0.2) is 57.1 Å². The maximum Gasteiger partial charge on any atom is 0.279 e. The van der Waals surface area contributed by atoms with Gasteiger partial charge in [-0.05, 0) is 30.7 Å². The van der Waals surface area contributed by atoms with Crippen LogP contribution in [0.2, 0.25) is 0 Å². The largest absolute Gasteiger partial charge is 0.346 e. The fourth-order valence-electron chi connectivity index (χ4n) is 5.25. The van der Waals surface area contributed by atoms with E-state index in [1.165, 1.54) is 6.33 Å². The number of aromatic nitrogens is 5. The molecule has 2 fully saturated rings. The molecule has 1 saturated heterocycles. The monoisotopic (exact) mass is 440 g/mol. The summed E-state index contributed by atoms with van der Waals surface area (Å²) in [6, 6.07) is 4.28. The summed E-state index contributed by atoms with van der Waals surface area (Å²) in [6.07, 6.45) is 8.89. The molecule has 0 bridgehead atoms. The summed E-state index contributed by atoms with van der Waals surface area (Å²) in [6.45, 7) is 3.12. The van der Waals surface area contributed by atoms with Gasteiger partial charge in [0.05, 0.1) is 29.9 Å². The Bertz CT molecular complexity index is 1240. The van der Waals surface area contributed by atoms with Crippen molar-refractivity contribution in [1.82, 2.24) is 33.8 Å². The van der Waals surface area contributed by atoms with E-state index in [1.807, 2.05) is 23.1 Å². The Balaban J connectivity index is 1.42. The first-order valence-corrected chi connectivity index (χ1v) is 11.8. The van der Waals surface area contributed by atoms with Gasteiger partial charge in [-0.3, -0.25) is 4.68 Å². The third-order valence-corrected chi connectivity index (χ3v) is 8.23. The first-order chi connectivity index (χ1) is 15.0. The molecule has 3 aromatic rings. The van der Waals surface area contributed by atoms with Gasteiger partial charge in [-0.25, -0.2) is 14.7 Å². The number of hydrogen-bond donors (Lipinski definition) is 2. The summed E-state index contributed by atoms with van der Waals surface area (Å²) < 4.78 is 30.8. The Hall–Kier alpha value is -2.81. The van der Waals surface area contributed by atoms with Crippen LogP contribution in [-0.2, 0) is 15.7 Å². The van der Waals surface area contributed by atoms with E-state index in [-0.39, 0.29) is 11.8 Å². The minimum Gasteiger partial charge on any atom is -0.346 e. The molecular weight excluding hydrogens is 416 g/mol. The van der Waals surface area contributed by atoms with E-state index >= 15 is 0 Å². The normalized spacial score (nSPS) is 26.3. The van der Waals surface area contributed by atoms with E-state index in [2.05, 4.69) is 30.8 Å². The predicted molar refractivity (Wildman–Crippen MR) is 114 cm³/mol. The van der Waals surface area contributed by atoms with E-state index in [0.717, 1.165) is 35.1 Å². The van der Waals surface area contributed by atoms with Crippen molar-refractivity contribution in [3.05, 3.63) is 31.0 Å². The van der Waals surface area contributed by atoms with Crippen LogP contribution in [0.15, 0.2) is 31.0 Å². The maximum absolute atomic E-state index is 12.4. The topological polar surface area (TPSA) is 133 Å². The fourth-order valence-corrected chi connectivity index (χ4v) is 6.58. The van der Waals surface area contributed by atoms with Crippen molar-refractivity contribution in [2.24, 2.45) is 11.8 Å². The Morgan fingerprint density at radius 3 is 2.81 bits per heavy atom. The van der Waals surface area contributed by atoms with Crippen LogP contribution in [0.25, 0.3) is 22.3 Å². The van der Waals surface area contributed by atoms with Crippen LogP contribution in [0.5, 0.6) is 0 Å². The summed E-state index contributed by atoms with van der Waals surface area (Å²) in [4.78, 5) is 11.8. The van der Waals surface area contributed by atoms with Crippen molar-refractivity contribution in [2.45, 2.75) is 31.7 Å². The van der Waals surface area contributed by atoms with Crippen LogP contribution in [0.4, 0.5) is 0 Å². The lowest BCUT2D eigenvalue weighted by atomic mass is 9.92. The van der Waals surface area contributed by atoms with Crippen molar-refractivity contribution < 1.29 is 8.42 Å². The van der Waals surface area contributed by atoms with Crippen molar-refractivity contribution in [2.75, 3.05) is 19.6 Å². The van der Waals surface area contributed by atoms with Gasteiger partial charge in [0, 0.05) is 43.0 Å². The molecule has 2 aliphatic rings. The van der Waals surface area contributed by atoms with Gasteiger partial charge in [0.25, 0.3) is 10.2 Å². The summed E-state index contributed by atoms with van der Waals surface area (Å²) in [7, 11) is -3.43. The average molecular weight is 441 g/mol. The molecule has 1 aliphatic carbocycles. The molecule has 3 aromatic heterocycles. The van der Waals surface area contributed by atoms with E-state index in [4.69, 9.17) is 0 Å². The van der Waals surface area contributed by atoms with E-state index in [0.29, 0.717) is 26.1 Å². The number of fused-ring (bicyclic) bond motifs is 2. The van der Waals surface area contributed by atoms with E-state index < -0.39 is 15.7 Å². The third kappa shape index (κ3) is 3.31. The summed E-state index contributed by atoms with van der Waals surface area (Å²) in [5.74, 6) is 0.426. The van der Waals surface area contributed by atoms with Gasteiger partial charge in [-0.1, -0.05) is 6.92 Å². The molecule has 1 aliphatic heterocycles. The van der Waals surface area contributed by atoms with Crippen LogP contribution >= 0.6 is 0 Å². The Morgan fingerprint density at radius 2 is 2.10 bits per heavy atom. The second-order valence-corrected chi connectivity index (χ2v) is 10.2. The molecule has 0 amide bonds. The highest BCUT2D eigenvalue weighted by atomic mass is 32.2. The quantitative estimate of drug-likeness (QED) is 0.599. The lowest BCUT2D eigenvalue weighted by molar-refractivity contribution is 0.240. The number of nitrogens with zero attached hydrogens (tertiary/aromatic N) is 6. The van der Waals surface area contributed by atoms with Gasteiger partial charge in [0.15, 0.2) is 0 Å². The van der Waals surface area contributed by atoms with Gasteiger partial charge in [-0.2, -0.15) is 23.1 Å². The molecule has 4 heterocycles. The third-order valence-electron chi connectivity index (χ3n) is 6.60. The number of rotatable bonds is 6. The predicted octanol–water partition coefficient (Wildman–Crippen LogP) is 1.63. The molecule has 162 valence electrons. The maximum atomic E-state index is 12.4. The molecule has 1 saturated carbocycles. The molecule has 2 N–H and O–H groups in total. The SMILES string of the molecule is CCNS(=O)(=O)N1C[C@@H]2C[C@](CC#N)(n3cc(-c4ncnc5[nH]ccc45)cn3)C[C@@H]2C1. The first-order valence-electron chi connectivity index (χ1n) is 10.4. The molecule has 11 heteroatoms. The van der Waals surface area contributed by atoms with Gasteiger partial charge in [0.2, 0.25) is 0 Å². The van der Waals surface area contributed by atoms with E-state index in [9.17, 15) is 13.7 Å². The smallest absolute Gasteiger partial charge is 0.279 e. The molecule has 10 nitrogen and oxygen atoms in total. The number of hydrogen-bond acceptors (Lipinski definition) is 6. The van der Waals surface area contributed by atoms with Crippen LogP contribution < -0.4 is 4.72 Å². The number of nitriles is 1. The van der Waals surface area contributed by atoms with Crippen molar-refractivity contribution in [3.8, 4) is 17.3 Å². The number of nitrogens with one attached hydrogen (secondary N) is 2. The lowest BCUT2D eigenvalue weighted by Crippen LogP contribution is -2.41. The minimum atomic E-state index is -3.43. The number of H-pyrrole nitrogens is 1. The Morgan fingerprint density at radius 1 is 1.32 bits per heavy atom. The van der Waals surface area contributed by atoms with Crippen molar-refractivity contribution >= 4 is 21.2 Å². The van der Waals surface area contributed by atoms with E-state index in [1.54, 1.807) is 17.4 Å². The average Bonchev–Trinajstić information content (AvgIpc) is 3.49. The van der Waals surface area contributed by atoms with Crippen LogP contribution in [0.1, 0.15) is 26.2 Å². The molecule has 0 unspecified atom stereocenters. The van der Waals surface area contributed by atoms with Crippen molar-refractivity contribution in [1.29, 1.82) is 5.26 Å². The highest BCUT2D eigenvalue weighted by Crippen LogP contribution is 2.50. The number of aromatic amines is 1. The lowest BCUT2D eigenvalue weighted by Gasteiger charge is -2.29. The molecule has 0 radical (unpaired) electrons. The second kappa shape index (κ2) is 7.40. The summed E-state index contributed by atoms with van der Waals surface area (Å²) >= 11 is 0. The van der Waals surface area contributed by atoms with Crippen LogP contribution in [0.3, 0.4) is 0 Å². The van der Waals surface area contributed by atoms with Gasteiger partial charge in [0.1, 0.15) is 12.0 Å². The molecule has 31 heavy (non-hydrogen) atoms. The Labute approximate surface area is 180 Å². The van der Waals surface area contributed by atoms with Gasteiger partial charge >= 0.3 is 0 Å². The summed E-state index contributed by atoms with van der Waals surface area (Å²) in [5, 5.41) is 15.1. The zero-order valence-electron chi connectivity index (χ0n) is 17.2. The minimum absolute atomic E-state index is 0.213. The molecule has 0 spiro atoms. The van der Waals surface area contributed by atoms with Gasteiger partial charge < -0.3 is 4.98 Å². The molecule has 0 aromatic carbocycles. The Kier molecular flexibility index (Phi) is 4.80. The summed E-state index contributed by atoms with van der Waals surface area (Å²) in [5.41, 5.74) is 2.01. The van der Waals surface area contributed by atoms with Gasteiger partial charge in [-0.15, -0.1) is 0 Å². The van der Waals surface area contributed by atoms with Crippen LogP contribution in [0, 0.1) is 23.2 Å². The van der Waals surface area contributed by atoms with Crippen molar-refractivity contribution in [3.63, 3.8) is 0 Å². The zero-order valence-corrected chi connectivity index (χ0v) is 18.0. The zero-order chi connectivity index (χ0) is 21.6. The molecule has 3 atom stereocenters. The highest BCUT2D eigenvalue weighted by molar-refractivity contribution is 7.87. The molecular formula is C20H24N8O2S. The standard InChI is InChI=1S/C20H24N8O2S/c1-2-26-31(29,30)27-10-14-7-20(4-5-21,8-15(14)11-27)28-12-16(9-25-28)18-17-3-6-22-19(17)24-13-23-18/h3,6,9,12-15,26H,2,4,7-8,10-11H2,1H3,(H,22,23,24)/t14-,15+,20-. The fraction of sp³-hybridized carbons (Fsp3) is 0.500. The first kappa shape index (κ1) is 20.1.